The summed E-state index contributed by atoms with van der Waals surface area (Å²) in [7, 11) is 1.62. The number of methoxy groups -OCH3 is 1. The molecule has 0 spiro atoms. The highest BCUT2D eigenvalue weighted by Gasteiger charge is 2.51. The van der Waals surface area contributed by atoms with E-state index >= 15 is 0 Å². The smallest absolute Gasteiger partial charge is 0.408 e. The zero-order valence-corrected chi connectivity index (χ0v) is 27.3. The van der Waals surface area contributed by atoms with Crippen molar-refractivity contribution in [2.75, 3.05) is 13.7 Å². The van der Waals surface area contributed by atoms with Gasteiger partial charge in [0.15, 0.2) is 0 Å². The predicted octanol–water partition coefficient (Wildman–Crippen LogP) is 5.49. The average Bonchev–Trinajstić information content (AvgIpc) is 3.72. The molecule has 244 valence electrons. The monoisotopic (exact) mass is 620 g/mol. The molecule has 4 bridgehead atoms. The molecule has 2 aliphatic carbocycles. The van der Waals surface area contributed by atoms with Gasteiger partial charge < -0.3 is 29.2 Å². The molecule has 2 saturated carbocycles. The van der Waals surface area contributed by atoms with Crippen LogP contribution in [0.25, 0.3) is 11.0 Å². The topological polar surface area (TPSA) is 120 Å². The van der Waals surface area contributed by atoms with Crippen molar-refractivity contribution in [1.82, 2.24) is 20.2 Å². The molecule has 45 heavy (non-hydrogen) atoms. The van der Waals surface area contributed by atoms with Gasteiger partial charge in [0.2, 0.25) is 11.8 Å². The van der Waals surface area contributed by atoms with Crippen LogP contribution in [0.3, 0.4) is 0 Å². The number of ether oxygens (including phenoxy) is 3. The van der Waals surface area contributed by atoms with Gasteiger partial charge in [-0.15, -0.1) is 0 Å². The third kappa shape index (κ3) is 6.21. The van der Waals surface area contributed by atoms with E-state index in [0.29, 0.717) is 47.7 Å². The highest BCUT2D eigenvalue weighted by atomic mass is 16.6. The summed E-state index contributed by atoms with van der Waals surface area (Å²) in [6.45, 7) is 7.97. The van der Waals surface area contributed by atoms with Crippen LogP contribution in [0, 0.1) is 29.1 Å². The quantitative estimate of drug-likeness (QED) is 0.447. The van der Waals surface area contributed by atoms with E-state index in [9.17, 15) is 14.4 Å². The van der Waals surface area contributed by atoms with Crippen molar-refractivity contribution in [3.63, 3.8) is 0 Å². The van der Waals surface area contributed by atoms with Gasteiger partial charge in [0, 0.05) is 12.0 Å². The van der Waals surface area contributed by atoms with E-state index in [2.05, 4.69) is 5.32 Å². The van der Waals surface area contributed by atoms with Crippen molar-refractivity contribution >= 4 is 29.3 Å². The van der Waals surface area contributed by atoms with Crippen molar-refractivity contribution in [3.8, 4) is 11.6 Å². The summed E-state index contributed by atoms with van der Waals surface area (Å²) in [6.07, 6.45) is 8.45. The number of hydrogen-bond acceptors (Lipinski definition) is 8. The minimum Gasteiger partial charge on any atom is -0.497 e. The minimum atomic E-state index is -0.872. The maximum Gasteiger partial charge on any atom is 0.408 e. The summed E-state index contributed by atoms with van der Waals surface area (Å²) < 4.78 is 18.2. The molecule has 2 aromatic rings. The van der Waals surface area contributed by atoms with Crippen molar-refractivity contribution in [2.45, 2.75) is 110 Å². The zero-order chi connectivity index (χ0) is 31.9. The molecule has 2 aliphatic heterocycles. The SMILES string of the molecule is CC[C@@H]1[C@@H]2CN(C(=O)[C@H](C(C)(C)C)NC(=O)O[C@@H]3[C@H]4CC[C@H](C4)[C@H]3CCCCCc3nc4ccc(OC)cc4nc3O2)[C@@H]1C=O. The molecule has 0 unspecified atom stereocenters. The third-order valence-electron chi connectivity index (χ3n) is 10.8. The molecule has 6 rings (SSSR count). The van der Waals surface area contributed by atoms with E-state index in [4.69, 9.17) is 24.2 Å². The maximum atomic E-state index is 14.3. The summed E-state index contributed by atoms with van der Waals surface area (Å²) in [6, 6.07) is 4.08. The van der Waals surface area contributed by atoms with E-state index in [0.717, 1.165) is 56.0 Å². The van der Waals surface area contributed by atoms with Crippen LogP contribution in [0.5, 0.6) is 11.6 Å². The molecular formula is C35H48N4O6. The first kappa shape index (κ1) is 31.5. The highest BCUT2D eigenvalue weighted by Crippen LogP contribution is 2.51. The lowest BCUT2D eigenvalue weighted by Crippen LogP contribution is -2.57. The van der Waals surface area contributed by atoms with Gasteiger partial charge in [-0.05, 0) is 80.2 Å². The van der Waals surface area contributed by atoms with Gasteiger partial charge in [-0.3, -0.25) is 4.79 Å². The molecule has 1 aromatic carbocycles. The number of amides is 2. The van der Waals surface area contributed by atoms with Crippen molar-refractivity contribution < 1.29 is 28.6 Å². The van der Waals surface area contributed by atoms with Crippen LogP contribution in [-0.2, 0) is 20.7 Å². The van der Waals surface area contributed by atoms with E-state index in [1.54, 1.807) is 12.0 Å². The number of nitrogens with zero attached hydrogens (tertiary/aromatic N) is 3. The molecule has 2 amide bonds. The third-order valence-corrected chi connectivity index (χ3v) is 10.8. The van der Waals surface area contributed by atoms with E-state index < -0.39 is 29.7 Å². The lowest BCUT2D eigenvalue weighted by molar-refractivity contribution is -0.139. The Morgan fingerprint density at radius 2 is 1.84 bits per heavy atom. The molecule has 0 radical (unpaired) electrons. The maximum absolute atomic E-state index is 14.3. The van der Waals surface area contributed by atoms with Gasteiger partial charge >= 0.3 is 6.09 Å². The zero-order valence-electron chi connectivity index (χ0n) is 27.3. The Morgan fingerprint density at radius 1 is 1.04 bits per heavy atom. The average molecular weight is 621 g/mol. The normalized spacial score (nSPS) is 32.5. The Kier molecular flexibility index (Phi) is 8.94. The first-order valence-corrected chi connectivity index (χ1v) is 16.9. The number of hydrogen-bond donors (Lipinski definition) is 1. The summed E-state index contributed by atoms with van der Waals surface area (Å²) in [5.74, 6) is 1.89. The van der Waals surface area contributed by atoms with Crippen LogP contribution in [0.15, 0.2) is 18.2 Å². The van der Waals surface area contributed by atoms with Crippen LogP contribution in [0.2, 0.25) is 0 Å². The summed E-state index contributed by atoms with van der Waals surface area (Å²) in [4.78, 5) is 51.8. The van der Waals surface area contributed by atoms with Gasteiger partial charge in [0.05, 0.1) is 30.7 Å². The Labute approximate surface area is 266 Å². The van der Waals surface area contributed by atoms with Gasteiger partial charge in [0.1, 0.15) is 36.0 Å². The lowest BCUT2D eigenvalue weighted by atomic mass is 9.82. The molecular weight excluding hydrogens is 572 g/mol. The van der Waals surface area contributed by atoms with Crippen LogP contribution in [0.4, 0.5) is 4.79 Å². The molecule has 8 atom stereocenters. The molecule has 10 heteroatoms. The van der Waals surface area contributed by atoms with Crippen LogP contribution < -0.4 is 14.8 Å². The molecule has 1 N–H and O–H groups in total. The number of rotatable bonds is 3. The Hall–Kier alpha value is -3.43. The van der Waals surface area contributed by atoms with Gasteiger partial charge in [-0.25, -0.2) is 14.8 Å². The molecule has 10 nitrogen and oxygen atoms in total. The number of aromatic nitrogens is 2. The minimum absolute atomic E-state index is 0.120. The summed E-state index contributed by atoms with van der Waals surface area (Å²) >= 11 is 0. The predicted molar refractivity (Wildman–Crippen MR) is 169 cm³/mol. The highest BCUT2D eigenvalue weighted by molar-refractivity contribution is 5.89. The standard InChI is InChI=1S/C35H48N4O6/c1-6-23-28(19-40)39-18-29(23)44-32-26(36-25-15-14-22(43-5)17-27(25)37-32)11-9-7-8-10-24-20-12-13-21(16-20)30(24)45-34(42)38-31(33(39)41)35(2,3)4/h14-15,17,19-21,23-24,28-31H,6-13,16,18H2,1-5H3,(H,38,42)/t20-,21+,23+,24-,28-,29+,30-,31-/m1/s1. The lowest BCUT2D eigenvalue weighted by Gasteiger charge is -2.36. The van der Waals surface area contributed by atoms with E-state index in [-0.39, 0.29) is 24.5 Å². The van der Waals surface area contributed by atoms with Gasteiger partial charge in [0.25, 0.3) is 0 Å². The number of alkyl carbamates (subject to hydrolysis) is 1. The Bertz CT molecular complexity index is 1420. The van der Waals surface area contributed by atoms with Crippen LogP contribution in [-0.4, -0.2) is 71.1 Å². The van der Waals surface area contributed by atoms with E-state index in [1.807, 2.05) is 45.9 Å². The fourth-order valence-corrected chi connectivity index (χ4v) is 8.41. The molecule has 3 heterocycles. The number of fused-ring (bicyclic) bond motifs is 9. The molecule has 4 aliphatic rings. The number of nitrogens with one attached hydrogen (secondary N) is 1. The van der Waals surface area contributed by atoms with Gasteiger partial charge in [-0.2, -0.15) is 0 Å². The van der Waals surface area contributed by atoms with Crippen molar-refractivity contribution in [1.29, 1.82) is 0 Å². The first-order valence-electron chi connectivity index (χ1n) is 16.9. The molecule has 1 aromatic heterocycles. The fourth-order valence-electron chi connectivity index (χ4n) is 8.41. The number of aryl methyl sites for hydroxylation is 1. The second-order valence-electron chi connectivity index (χ2n) is 14.6. The Balaban J connectivity index is 1.37. The summed E-state index contributed by atoms with van der Waals surface area (Å²) in [5, 5.41) is 2.95. The second-order valence-corrected chi connectivity index (χ2v) is 14.6. The second kappa shape index (κ2) is 12.8. The molecule has 1 saturated heterocycles. The Morgan fingerprint density at radius 3 is 2.58 bits per heavy atom. The summed E-state index contributed by atoms with van der Waals surface area (Å²) in [5.41, 5.74) is 1.61. The van der Waals surface area contributed by atoms with Crippen molar-refractivity contribution in [2.24, 2.45) is 29.1 Å². The first-order chi connectivity index (χ1) is 21.6. The fraction of sp³-hybridized carbons (Fsp3) is 0.686. The number of aldehydes is 1. The van der Waals surface area contributed by atoms with Crippen LogP contribution in [0.1, 0.15) is 84.8 Å². The molecule has 3 fully saturated rings. The number of carbonyl (C=O) groups is 3. The number of carbonyl (C=O) groups excluding carboxylic acids is 3. The van der Waals surface area contributed by atoms with E-state index in [1.165, 1.54) is 6.42 Å². The number of benzene rings is 1. The largest absolute Gasteiger partial charge is 0.497 e. The van der Waals surface area contributed by atoms with Gasteiger partial charge in [-0.1, -0.05) is 40.5 Å². The van der Waals surface area contributed by atoms with Crippen LogP contribution >= 0.6 is 0 Å². The van der Waals surface area contributed by atoms with Crippen molar-refractivity contribution in [3.05, 3.63) is 23.9 Å².